The zero-order chi connectivity index (χ0) is 19.3. The van der Waals surface area contributed by atoms with E-state index in [4.69, 9.17) is 9.15 Å². The zero-order valence-corrected chi connectivity index (χ0v) is 16.7. The lowest BCUT2D eigenvalue weighted by Crippen LogP contribution is -2.10. The Labute approximate surface area is 167 Å². The predicted octanol–water partition coefficient (Wildman–Crippen LogP) is 5.61. The third-order valence-corrected chi connectivity index (χ3v) is 6.41. The highest BCUT2D eigenvalue weighted by Crippen LogP contribution is 2.36. The molecule has 0 aliphatic heterocycles. The van der Waals surface area contributed by atoms with Gasteiger partial charge >= 0.3 is 0 Å². The summed E-state index contributed by atoms with van der Waals surface area (Å²) in [5, 5.41) is 5.21. The number of aryl methyl sites for hydroxylation is 1. The zero-order valence-electron chi connectivity index (χ0n) is 15.1. The molecular weight excluding hydrogens is 394 g/mol. The van der Waals surface area contributed by atoms with Crippen molar-refractivity contribution in [3.05, 3.63) is 47.2 Å². The Morgan fingerprint density at radius 2 is 1.93 bits per heavy atom. The minimum absolute atomic E-state index is 0.222. The van der Waals surface area contributed by atoms with Crippen molar-refractivity contribution in [2.75, 3.05) is 11.9 Å². The molecule has 28 heavy (non-hydrogen) atoms. The molecule has 0 spiro atoms. The average Bonchev–Trinajstić information content (AvgIpc) is 3.36. The molecule has 0 saturated heterocycles. The van der Waals surface area contributed by atoms with Gasteiger partial charge in [-0.3, -0.25) is 10.1 Å². The predicted molar refractivity (Wildman–Crippen MR) is 113 cm³/mol. The van der Waals surface area contributed by atoms with Crippen LogP contribution in [0.1, 0.15) is 22.5 Å². The van der Waals surface area contributed by atoms with E-state index in [9.17, 15) is 4.79 Å². The summed E-state index contributed by atoms with van der Waals surface area (Å²) in [6.07, 6.45) is 0. The van der Waals surface area contributed by atoms with Gasteiger partial charge in [0.05, 0.1) is 32.0 Å². The molecule has 5 aromatic rings. The van der Waals surface area contributed by atoms with E-state index in [-0.39, 0.29) is 11.7 Å². The normalized spacial score (nSPS) is 11.5. The lowest BCUT2D eigenvalue weighted by atomic mass is 10.2. The molecule has 0 fully saturated rings. The van der Waals surface area contributed by atoms with Crippen molar-refractivity contribution in [3.63, 3.8) is 0 Å². The molecule has 3 heterocycles. The van der Waals surface area contributed by atoms with Gasteiger partial charge in [0.1, 0.15) is 0 Å². The second-order valence-corrected chi connectivity index (χ2v) is 8.39. The van der Waals surface area contributed by atoms with Gasteiger partial charge in [-0.05, 0) is 38.1 Å². The van der Waals surface area contributed by atoms with Crippen LogP contribution in [0.15, 0.2) is 40.8 Å². The molecule has 0 atom stereocenters. The molecule has 140 valence electrons. The summed E-state index contributed by atoms with van der Waals surface area (Å²) >= 11 is 3.08. The third-order valence-electron chi connectivity index (χ3n) is 4.27. The first kappa shape index (κ1) is 17.2. The van der Waals surface area contributed by atoms with Gasteiger partial charge in [-0.25, -0.2) is 9.97 Å². The summed E-state index contributed by atoms with van der Waals surface area (Å²) in [5.74, 6) is 0.511. The highest BCUT2D eigenvalue weighted by molar-refractivity contribution is 7.28. The topological polar surface area (TPSA) is 77.2 Å². The number of fused-ring (bicyclic) bond motifs is 4. The molecule has 3 aromatic heterocycles. The number of ether oxygens (including phenoxy) is 1. The standard InChI is InChI=1S/C20H15N3O3S2/c1-3-25-14-6-4-5-11-9-15(26-16(11)14)19(24)23-20-22-13-8-7-12-17(18(13)28-20)27-10(2)21-12/h4-9H,3H2,1-2H3,(H,22,23,24). The van der Waals surface area contributed by atoms with Crippen molar-refractivity contribution < 1.29 is 13.9 Å². The Morgan fingerprint density at radius 3 is 2.75 bits per heavy atom. The number of carbonyl (C=O) groups is 1. The molecule has 5 rings (SSSR count). The number of nitrogens with one attached hydrogen (secondary N) is 1. The van der Waals surface area contributed by atoms with Crippen LogP contribution in [0.2, 0.25) is 0 Å². The fourth-order valence-electron chi connectivity index (χ4n) is 3.11. The van der Waals surface area contributed by atoms with Crippen molar-refractivity contribution >= 4 is 65.1 Å². The van der Waals surface area contributed by atoms with Gasteiger partial charge in [0.25, 0.3) is 5.91 Å². The van der Waals surface area contributed by atoms with E-state index in [1.54, 1.807) is 17.4 Å². The lowest BCUT2D eigenvalue weighted by Gasteiger charge is -2.02. The number of anilines is 1. The quantitative estimate of drug-likeness (QED) is 0.417. The number of para-hydroxylation sites is 1. The maximum absolute atomic E-state index is 12.7. The summed E-state index contributed by atoms with van der Waals surface area (Å²) in [4.78, 5) is 21.8. The van der Waals surface area contributed by atoms with Gasteiger partial charge in [-0.15, -0.1) is 11.3 Å². The fraction of sp³-hybridized carbons (Fsp3) is 0.150. The fourth-order valence-corrected chi connectivity index (χ4v) is 5.12. The Morgan fingerprint density at radius 1 is 1.14 bits per heavy atom. The Bertz CT molecular complexity index is 1350. The number of benzene rings is 2. The first-order valence-electron chi connectivity index (χ1n) is 8.76. The van der Waals surface area contributed by atoms with E-state index in [0.29, 0.717) is 23.1 Å². The van der Waals surface area contributed by atoms with Crippen LogP contribution in [-0.2, 0) is 0 Å². The first-order chi connectivity index (χ1) is 13.6. The van der Waals surface area contributed by atoms with Gasteiger partial charge in [-0.2, -0.15) is 0 Å². The number of rotatable bonds is 4. The van der Waals surface area contributed by atoms with Crippen LogP contribution in [0.5, 0.6) is 5.75 Å². The highest BCUT2D eigenvalue weighted by Gasteiger charge is 2.18. The van der Waals surface area contributed by atoms with Crippen molar-refractivity contribution in [1.82, 2.24) is 9.97 Å². The van der Waals surface area contributed by atoms with Crippen molar-refractivity contribution in [2.24, 2.45) is 0 Å². The first-order valence-corrected chi connectivity index (χ1v) is 10.4. The van der Waals surface area contributed by atoms with Gasteiger partial charge in [0.2, 0.25) is 0 Å². The molecule has 0 aliphatic rings. The lowest BCUT2D eigenvalue weighted by molar-refractivity contribution is 0.0998. The second kappa shape index (κ2) is 6.57. The van der Waals surface area contributed by atoms with Gasteiger partial charge in [-0.1, -0.05) is 23.5 Å². The Kier molecular flexibility index (Phi) is 4.03. The van der Waals surface area contributed by atoms with Crippen molar-refractivity contribution in [2.45, 2.75) is 13.8 Å². The molecule has 0 bridgehead atoms. The van der Waals surface area contributed by atoms with Crippen LogP contribution in [0.3, 0.4) is 0 Å². The number of aromatic nitrogens is 2. The van der Waals surface area contributed by atoms with E-state index < -0.39 is 0 Å². The SMILES string of the molecule is CCOc1cccc2cc(C(=O)Nc3nc4ccc5nc(C)sc5c4s3)oc12. The molecule has 0 radical (unpaired) electrons. The average molecular weight is 409 g/mol. The number of furan rings is 1. The van der Waals surface area contributed by atoms with Crippen LogP contribution < -0.4 is 10.1 Å². The smallest absolute Gasteiger partial charge is 0.293 e. The summed E-state index contributed by atoms with van der Waals surface area (Å²) in [5.41, 5.74) is 2.37. The number of carbonyl (C=O) groups excluding carboxylic acids is 1. The summed E-state index contributed by atoms with van der Waals surface area (Å²) in [7, 11) is 0. The van der Waals surface area contributed by atoms with E-state index in [0.717, 1.165) is 30.8 Å². The largest absolute Gasteiger partial charge is 0.490 e. The summed E-state index contributed by atoms with van der Waals surface area (Å²) in [6, 6.07) is 11.2. The summed E-state index contributed by atoms with van der Waals surface area (Å²) in [6.45, 7) is 4.42. The highest BCUT2D eigenvalue weighted by atomic mass is 32.1. The number of nitrogens with zero attached hydrogens (tertiary/aromatic N) is 2. The van der Waals surface area contributed by atoms with E-state index in [2.05, 4.69) is 15.3 Å². The Balaban J connectivity index is 1.49. The number of hydrogen-bond acceptors (Lipinski definition) is 7. The second-order valence-electron chi connectivity index (χ2n) is 6.19. The maximum Gasteiger partial charge on any atom is 0.293 e. The maximum atomic E-state index is 12.7. The molecule has 1 N–H and O–H groups in total. The monoisotopic (exact) mass is 409 g/mol. The molecule has 6 nitrogen and oxygen atoms in total. The minimum Gasteiger partial charge on any atom is -0.490 e. The molecule has 0 unspecified atom stereocenters. The molecule has 8 heteroatoms. The van der Waals surface area contributed by atoms with E-state index >= 15 is 0 Å². The third kappa shape index (κ3) is 2.81. The van der Waals surface area contributed by atoms with Gasteiger partial charge < -0.3 is 9.15 Å². The van der Waals surface area contributed by atoms with Crippen LogP contribution in [0.25, 0.3) is 31.4 Å². The minimum atomic E-state index is -0.338. The van der Waals surface area contributed by atoms with Crippen LogP contribution >= 0.6 is 22.7 Å². The van der Waals surface area contributed by atoms with Crippen LogP contribution in [-0.4, -0.2) is 22.5 Å². The number of hydrogen-bond donors (Lipinski definition) is 1. The summed E-state index contributed by atoms with van der Waals surface area (Å²) < 4.78 is 13.5. The number of thiazole rings is 2. The van der Waals surface area contributed by atoms with Crippen molar-refractivity contribution in [3.8, 4) is 5.75 Å². The van der Waals surface area contributed by atoms with Crippen LogP contribution in [0, 0.1) is 6.92 Å². The van der Waals surface area contributed by atoms with Gasteiger partial charge in [0.15, 0.2) is 22.2 Å². The molecular formula is C20H15N3O3S2. The number of amides is 1. The molecule has 1 amide bonds. The van der Waals surface area contributed by atoms with Crippen molar-refractivity contribution in [1.29, 1.82) is 0 Å². The molecule has 2 aromatic carbocycles. The van der Waals surface area contributed by atoms with Gasteiger partial charge in [0, 0.05) is 5.39 Å². The van der Waals surface area contributed by atoms with Crippen LogP contribution in [0.4, 0.5) is 5.13 Å². The molecule has 0 saturated carbocycles. The van der Waals surface area contributed by atoms with E-state index in [1.165, 1.54) is 11.3 Å². The van der Waals surface area contributed by atoms with E-state index in [1.807, 2.05) is 44.2 Å². The molecule has 0 aliphatic carbocycles. The Hall–Kier alpha value is -2.97.